The van der Waals surface area contributed by atoms with Gasteiger partial charge in [0.15, 0.2) is 15.2 Å². The van der Waals surface area contributed by atoms with E-state index in [-0.39, 0.29) is 15.2 Å². The fourth-order valence-electron chi connectivity index (χ4n) is 0.772. The third kappa shape index (κ3) is 3.53. The number of nitrogens with one attached hydrogen (secondary N) is 1. The summed E-state index contributed by atoms with van der Waals surface area (Å²) in [7, 11) is 1.14. The Morgan fingerprint density at radius 2 is 2.25 bits per heavy atom. The summed E-state index contributed by atoms with van der Waals surface area (Å²) in [4.78, 5) is 14.6. The van der Waals surface area contributed by atoms with Crippen LogP contribution in [0.2, 0.25) is 5.15 Å². The molecule has 16 heavy (non-hydrogen) atoms. The summed E-state index contributed by atoms with van der Waals surface area (Å²) in [6, 6.07) is 0. The zero-order valence-corrected chi connectivity index (χ0v) is 9.46. The van der Waals surface area contributed by atoms with Crippen LogP contribution in [-0.2, 0) is 4.74 Å². The first-order valence-electron chi connectivity index (χ1n) is 3.88. The van der Waals surface area contributed by atoms with Crippen LogP contribution in [0.25, 0.3) is 0 Å². The average molecular weight is 275 g/mol. The minimum absolute atomic E-state index is 0.0335. The molecule has 0 aliphatic rings. The molecule has 0 aliphatic carbocycles. The van der Waals surface area contributed by atoms with E-state index in [1.165, 1.54) is 0 Å². The van der Waals surface area contributed by atoms with Crippen LogP contribution in [0.1, 0.15) is 9.67 Å². The third-order valence-electron chi connectivity index (χ3n) is 1.40. The molecule has 1 aromatic heterocycles. The lowest BCUT2D eigenvalue weighted by Gasteiger charge is -2.05. The minimum Gasteiger partial charge on any atom is -0.465 e. The number of anilines is 1. The standard InChI is InChI=1S/C7H6ClF3N2O2S/c1-15-5(14)3-4(8)13-6(16-3)12-2-7(9,10)11/h2H2,1H3,(H,12,13). The Morgan fingerprint density at radius 1 is 1.62 bits per heavy atom. The number of carbonyl (C=O) groups is 1. The van der Waals surface area contributed by atoms with Gasteiger partial charge in [-0.1, -0.05) is 22.9 Å². The van der Waals surface area contributed by atoms with E-state index in [0.717, 1.165) is 7.11 Å². The van der Waals surface area contributed by atoms with Gasteiger partial charge in [0.2, 0.25) is 0 Å². The lowest BCUT2D eigenvalue weighted by Crippen LogP contribution is -2.21. The monoisotopic (exact) mass is 274 g/mol. The molecule has 0 spiro atoms. The number of hydrogen-bond donors (Lipinski definition) is 1. The van der Waals surface area contributed by atoms with Gasteiger partial charge < -0.3 is 10.1 Å². The molecule has 0 aromatic carbocycles. The number of alkyl halides is 3. The highest BCUT2D eigenvalue weighted by molar-refractivity contribution is 7.18. The van der Waals surface area contributed by atoms with Crippen LogP contribution in [0.4, 0.5) is 18.3 Å². The summed E-state index contributed by atoms with van der Waals surface area (Å²) in [5, 5.41) is 1.76. The van der Waals surface area contributed by atoms with Crippen LogP contribution in [0.3, 0.4) is 0 Å². The molecular formula is C7H6ClF3N2O2S. The van der Waals surface area contributed by atoms with Crippen molar-refractivity contribution in [1.82, 2.24) is 4.98 Å². The van der Waals surface area contributed by atoms with Crippen molar-refractivity contribution in [2.24, 2.45) is 0 Å². The maximum absolute atomic E-state index is 11.9. The second kappa shape index (κ2) is 4.88. The van der Waals surface area contributed by atoms with E-state index in [2.05, 4.69) is 9.72 Å². The topological polar surface area (TPSA) is 51.2 Å². The number of ether oxygens (including phenoxy) is 1. The largest absolute Gasteiger partial charge is 0.465 e. The molecule has 0 saturated carbocycles. The first-order chi connectivity index (χ1) is 7.33. The molecule has 0 fully saturated rings. The molecule has 1 aromatic rings. The summed E-state index contributed by atoms with van der Waals surface area (Å²) in [5.41, 5.74) is 0. The molecule has 0 bridgehead atoms. The summed E-state index contributed by atoms with van der Waals surface area (Å²) in [6.07, 6.45) is -4.36. The van der Waals surface area contributed by atoms with Crippen molar-refractivity contribution in [2.75, 3.05) is 19.0 Å². The Hall–Kier alpha value is -1.02. The second-order valence-corrected chi connectivity index (χ2v) is 3.96. The van der Waals surface area contributed by atoms with Gasteiger partial charge in [-0.15, -0.1) is 0 Å². The molecule has 1 N–H and O–H groups in total. The van der Waals surface area contributed by atoms with Gasteiger partial charge in [-0.3, -0.25) is 0 Å². The lowest BCUT2D eigenvalue weighted by molar-refractivity contribution is -0.115. The molecule has 0 radical (unpaired) electrons. The highest BCUT2D eigenvalue weighted by Gasteiger charge is 2.27. The van der Waals surface area contributed by atoms with Crippen LogP contribution in [0.15, 0.2) is 0 Å². The van der Waals surface area contributed by atoms with Gasteiger partial charge in [0.1, 0.15) is 6.54 Å². The number of rotatable bonds is 3. The number of nitrogens with zero attached hydrogens (tertiary/aromatic N) is 1. The van der Waals surface area contributed by atoms with E-state index < -0.39 is 18.7 Å². The molecule has 0 saturated heterocycles. The van der Waals surface area contributed by atoms with Crippen molar-refractivity contribution in [3.8, 4) is 0 Å². The molecule has 90 valence electrons. The smallest absolute Gasteiger partial charge is 0.405 e. The van der Waals surface area contributed by atoms with Crippen molar-refractivity contribution in [3.05, 3.63) is 10.0 Å². The molecule has 0 aliphatic heterocycles. The zero-order valence-electron chi connectivity index (χ0n) is 7.89. The quantitative estimate of drug-likeness (QED) is 0.861. The number of carbonyl (C=O) groups excluding carboxylic acids is 1. The predicted octanol–water partition coefficient (Wildman–Crippen LogP) is 2.56. The van der Waals surface area contributed by atoms with Crippen LogP contribution in [0, 0.1) is 0 Å². The molecular weight excluding hydrogens is 269 g/mol. The molecule has 4 nitrogen and oxygen atoms in total. The SMILES string of the molecule is COC(=O)c1sc(NCC(F)(F)F)nc1Cl. The summed E-state index contributed by atoms with van der Waals surface area (Å²) >= 11 is 6.25. The van der Waals surface area contributed by atoms with E-state index in [9.17, 15) is 18.0 Å². The van der Waals surface area contributed by atoms with Crippen LogP contribution >= 0.6 is 22.9 Å². The Morgan fingerprint density at radius 3 is 2.75 bits per heavy atom. The Labute approximate surface area is 97.4 Å². The fourth-order valence-corrected chi connectivity index (χ4v) is 1.87. The van der Waals surface area contributed by atoms with Crippen molar-refractivity contribution in [1.29, 1.82) is 0 Å². The van der Waals surface area contributed by atoms with Crippen LogP contribution < -0.4 is 5.32 Å². The van der Waals surface area contributed by atoms with Gasteiger partial charge >= 0.3 is 12.1 Å². The molecule has 0 unspecified atom stereocenters. The van der Waals surface area contributed by atoms with Crippen molar-refractivity contribution in [2.45, 2.75) is 6.18 Å². The third-order valence-corrected chi connectivity index (χ3v) is 2.78. The van der Waals surface area contributed by atoms with Gasteiger partial charge in [-0.25, -0.2) is 9.78 Å². The van der Waals surface area contributed by atoms with Crippen molar-refractivity contribution in [3.63, 3.8) is 0 Å². The predicted molar refractivity (Wildman–Crippen MR) is 53.0 cm³/mol. The highest BCUT2D eigenvalue weighted by Crippen LogP contribution is 2.28. The number of aromatic nitrogens is 1. The van der Waals surface area contributed by atoms with Gasteiger partial charge in [0.25, 0.3) is 0 Å². The van der Waals surface area contributed by atoms with E-state index in [1.54, 1.807) is 0 Å². The van der Waals surface area contributed by atoms with E-state index in [0.29, 0.717) is 11.3 Å². The highest BCUT2D eigenvalue weighted by atomic mass is 35.5. The first-order valence-corrected chi connectivity index (χ1v) is 5.08. The average Bonchev–Trinajstić information content (AvgIpc) is 2.55. The molecule has 1 heterocycles. The van der Waals surface area contributed by atoms with E-state index in [4.69, 9.17) is 11.6 Å². The first kappa shape index (κ1) is 13.0. The molecule has 9 heteroatoms. The van der Waals surface area contributed by atoms with Crippen molar-refractivity contribution < 1.29 is 22.7 Å². The number of esters is 1. The van der Waals surface area contributed by atoms with Gasteiger partial charge in [0.05, 0.1) is 7.11 Å². The maximum Gasteiger partial charge on any atom is 0.405 e. The summed E-state index contributed by atoms with van der Waals surface area (Å²) in [5.74, 6) is -0.734. The van der Waals surface area contributed by atoms with Gasteiger partial charge in [-0.2, -0.15) is 13.2 Å². The Kier molecular flexibility index (Phi) is 3.98. The number of hydrogen-bond acceptors (Lipinski definition) is 5. The van der Waals surface area contributed by atoms with Crippen LogP contribution in [0.5, 0.6) is 0 Å². The number of thiazole rings is 1. The second-order valence-electron chi connectivity index (χ2n) is 2.60. The van der Waals surface area contributed by atoms with Gasteiger partial charge in [0, 0.05) is 0 Å². The van der Waals surface area contributed by atoms with E-state index in [1.807, 2.05) is 5.32 Å². The maximum atomic E-state index is 11.9. The normalized spacial score (nSPS) is 11.3. The number of methoxy groups -OCH3 is 1. The summed E-state index contributed by atoms with van der Waals surface area (Å²) < 4.78 is 40.0. The lowest BCUT2D eigenvalue weighted by atomic mass is 10.6. The zero-order chi connectivity index (χ0) is 12.3. The van der Waals surface area contributed by atoms with E-state index >= 15 is 0 Å². The molecule has 0 amide bonds. The van der Waals surface area contributed by atoms with Crippen LogP contribution in [-0.4, -0.2) is 30.8 Å². The minimum atomic E-state index is -4.36. The Balaban J connectivity index is 2.74. The Bertz CT molecular complexity index is 393. The number of halogens is 4. The summed E-state index contributed by atoms with van der Waals surface area (Å²) in [6.45, 7) is -1.24. The molecule has 1 rings (SSSR count). The fraction of sp³-hybridized carbons (Fsp3) is 0.429. The van der Waals surface area contributed by atoms with Gasteiger partial charge in [-0.05, 0) is 0 Å². The van der Waals surface area contributed by atoms with Crippen molar-refractivity contribution >= 4 is 34.0 Å². The molecule has 0 atom stereocenters.